The first-order chi connectivity index (χ1) is 23.8. The Bertz CT molecular complexity index is 2560. The highest BCUT2D eigenvalue weighted by Gasteiger charge is 2.18. The van der Waals surface area contributed by atoms with Gasteiger partial charge in [-0.1, -0.05) is 140 Å². The average Bonchev–Trinajstić information content (AvgIpc) is 3.54. The van der Waals surface area contributed by atoms with Gasteiger partial charge in [0.1, 0.15) is 11.2 Å². The van der Waals surface area contributed by atoms with Gasteiger partial charge in [0.25, 0.3) is 0 Å². The molecule has 0 bridgehead atoms. The second-order valence-corrected chi connectivity index (χ2v) is 12.2. The lowest BCUT2D eigenvalue weighted by atomic mass is 9.97. The number of hydrogen-bond donors (Lipinski definition) is 0. The molecule has 0 atom stereocenters. The molecule has 1 aromatic heterocycles. The average molecular weight is 614 g/mol. The highest BCUT2D eigenvalue weighted by Crippen LogP contribution is 2.43. The zero-order chi connectivity index (χ0) is 31.9. The van der Waals surface area contributed by atoms with E-state index in [0.29, 0.717) is 0 Å². The zero-order valence-corrected chi connectivity index (χ0v) is 26.3. The lowest BCUT2D eigenvalue weighted by Crippen LogP contribution is -2.11. The van der Waals surface area contributed by atoms with Gasteiger partial charge >= 0.3 is 0 Å². The van der Waals surface area contributed by atoms with E-state index in [2.05, 4.69) is 181 Å². The maximum absolute atomic E-state index is 6.13. The van der Waals surface area contributed by atoms with Gasteiger partial charge in [-0.3, -0.25) is 0 Å². The molecular formula is C46H31NO. The molecule has 1 heterocycles. The standard InChI is InChI=1S/C46H31NO/c1-2-12-33(13-3-1)41-19-6-8-22-44(41)47(37-27-24-34(25-28-37)40-21-11-15-32-14-4-5-18-39(32)40)38-17-10-16-35(30-38)36-26-29-46-43(31-36)42-20-7-9-23-45(42)48-46/h1-31H. The van der Waals surface area contributed by atoms with Gasteiger partial charge in [-0.2, -0.15) is 0 Å². The first-order valence-corrected chi connectivity index (χ1v) is 16.3. The molecule has 0 aliphatic rings. The number of furan rings is 1. The number of nitrogens with zero attached hydrogens (tertiary/aromatic N) is 1. The quantitative estimate of drug-likeness (QED) is 0.185. The highest BCUT2D eigenvalue weighted by atomic mass is 16.3. The number of anilines is 3. The van der Waals surface area contributed by atoms with Gasteiger partial charge in [0, 0.05) is 27.7 Å². The summed E-state index contributed by atoms with van der Waals surface area (Å²) in [6.45, 7) is 0. The Hall–Kier alpha value is -6.38. The van der Waals surface area contributed by atoms with Crippen LogP contribution in [0, 0.1) is 0 Å². The zero-order valence-electron chi connectivity index (χ0n) is 26.3. The number of benzene rings is 8. The first-order valence-electron chi connectivity index (χ1n) is 16.3. The second kappa shape index (κ2) is 11.8. The van der Waals surface area contributed by atoms with E-state index in [-0.39, 0.29) is 0 Å². The van der Waals surface area contributed by atoms with E-state index >= 15 is 0 Å². The molecule has 8 aromatic carbocycles. The molecule has 9 aromatic rings. The van der Waals surface area contributed by atoms with Gasteiger partial charge in [-0.25, -0.2) is 0 Å². The van der Waals surface area contributed by atoms with Crippen LogP contribution in [-0.2, 0) is 0 Å². The smallest absolute Gasteiger partial charge is 0.135 e. The van der Waals surface area contributed by atoms with Gasteiger partial charge in [0.2, 0.25) is 0 Å². The van der Waals surface area contributed by atoms with E-state index < -0.39 is 0 Å². The molecule has 0 unspecified atom stereocenters. The fourth-order valence-electron chi connectivity index (χ4n) is 6.96. The van der Waals surface area contributed by atoms with Crippen molar-refractivity contribution < 1.29 is 4.42 Å². The van der Waals surface area contributed by atoms with Crippen molar-refractivity contribution in [3.05, 3.63) is 188 Å². The summed E-state index contributed by atoms with van der Waals surface area (Å²) in [5.41, 5.74) is 12.2. The molecule has 0 aliphatic heterocycles. The molecule has 0 spiro atoms. The summed E-state index contributed by atoms with van der Waals surface area (Å²) < 4.78 is 6.13. The van der Waals surface area contributed by atoms with Crippen LogP contribution in [0.3, 0.4) is 0 Å². The number of fused-ring (bicyclic) bond motifs is 4. The van der Waals surface area contributed by atoms with E-state index in [4.69, 9.17) is 4.42 Å². The van der Waals surface area contributed by atoms with Crippen molar-refractivity contribution in [2.75, 3.05) is 4.90 Å². The molecule has 0 saturated carbocycles. The van der Waals surface area contributed by atoms with Crippen LogP contribution in [0.1, 0.15) is 0 Å². The molecule has 9 rings (SSSR count). The molecule has 48 heavy (non-hydrogen) atoms. The van der Waals surface area contributed by atoms with Gasteiger partial charge in [0.15, 0.2) is 0 Å². The number of hydrogen-bond acceptors (Lipinski definition) is 2. The van der Waals surface area contributed by atoms with Crippen LogP contribution >= 0.6 is 0 Å². The van der Waals surface area contributed by atoms with Gasteiger partial charge in [-0.15, -0.1) is 0 Å². The molecule has 0 fully saturated rings. The Labute approximate surface area is 279 Å². The van der Waals surface area contributed by atoms with Crippen molar-refractivity contribution in [1.29, 1.82) is 0 Å². The predicted octanol–water partition coefficient (Wildman–Crippen LogP) is 13.2. The molecule has 0 radical (unpaired) electrons. The van der Waals surface area contributed by atoms with Crippen LogP contribution < -0.4 is 4.90 Å². The molecule has 0 N–H and O–H groups in total. The molecule has 0 aliphatic carbocycles. The number of rotatable bonds is 6. The minimum absolute atomic E-state index is 0.904. The lowest BCUT2D eigenvalue weighted by molar-refractivity contribution is 0.669. The van der Waals surface area contributed by atoms with Crippen LogP contribution in [-0.4, -0.2) is 0 Å². The largest absolute Gasteiger partial charge is 0.456 e. The Morgan fingerprint density at radius 2 is 0.938 bits per heavy atom. The summed E-state index contributed by atoms with van der Waals surface area (Å²) in [7, 11) is 0. The number of para-hydroxylation sites is 2. The summed E-state index contributed by atoms with van der Waals surface area (Å²) in [6, 6.07) is 67.0. The van der Waals surface area contributed by atoms with Crippen LogP contribution in [0.2, 0.25) is 0 Å². The maximum Gasteiger partial charge on any atom is 0.135 e. The second-order valence-electron chi connectivity index (χ2n) is 12.2. The summed E-state index contributed by atoms with van der Waals surface area (Å²) >= 11 is 0. The van der Waals surface area contributed by atoms with Crippen molar-refractivity contribution in [3.8, 4) is 33.4 Å². The van der Waals surface area contributed by atoms with E-state index in [1.165, 1.54) is 33.0 Å². The SMILES string of the molecule is c1ccc(-c2ccccc2N(c2ccc(-c3cccc4ccccc34)cc2)c2cccc(-c3ccc4oc5ccccc5c4c3)c2)cc1. The Morgan fingerprint density at radius 1 is 0.333 bits per heavy atom. The minimum atomic E-state index is 0.904. The third kappa shape index (κ3) is 4.92. The Morgan fingerprint density at radius 3 is 1.83 bits per heavy atom. The van der Waals surface area contributed by atoms with Gasteiger partial charge in [-0.05, 0) is 87.1 Å². The van der Waals surface area contributed by atoms with Crippen LogP contribution in [0.4, 0.5) is 17.1 Å². The molecule has 226 valence electrons. The van der Waals surface area contributed by atoms with E-state index in [1.807, 2.05) is 12.1 Å². The molecule has 2 heteroatoms. The van der Waals surface area contributed by atoms with Crippen LogP contribution in [0.5, 0.6) is 0 Å². The first kappa shape index (κ1) is 27.9. The highest BCUT2D eigenvalue weighted by molar-refractivity contribution is 6.06. The van der Waals surface area contributed by atoms with E-state index in [0.717, 1.165) is 50.1 Å². The van der Waals surface area contributed by atoms with E-state index in [1.54, 1.807) is 0 Å². The molecule has 0 saturated heterocycles. The summed E-state index contributed by atoms with van der Waals surface area (Å²) in [5, 5.41) is 4.77. The topological polar surface area (TPSA) is 16.4 Å². The van der Waals surface area contributed by atoms with Crippen molar-refractivity contribution >= 4 is 49.8 Å². The Balaban J connectivity index is 1.19. The lowest BCUT2D eigenvalue weighted by Gasteiger charge is -2.28. The van der Waals surface area contributed by atoms with Gasteiger partial charge in [0.05, 0.1) is 5.69 Å². The summed E-state index contributed by atoms with van der Waals surface area (Å²) in [4.78, 5) is 2.38. The molecular weight excluding hydrogens is 583 g/mol. The van der Waals surface area contributed by atoms with Crippen molar-refractivity contribution in [2.45, 2.75) is 0 Å². The van der Waals surface area contributed by atoms with Crippen LogP contribution in [0.15, 0.2) is 192 Å². The fourth-order valence-corrected chi connectivity index (χ4v) is 6.96. The molecule has 2 nitrogen and oxygen atoms in total. The van der Waals surface area contributed by atoms with Gasteiger partial charge < -0.3 is 9.32 Å². The van der Waals surface area contributed by atoms with Crippen molar-refractivity contribution in [2.24, 2.45) is 0 Å². The van der Waals surface area contributed by atoms with Crippen molar-refractivity contribution in [3.63, 3.8) is 0 Å². The third-order valence-electron chi connectivity index (χ3n) is 9.27. The Kier molecular flexibility index (Phi) is 6.84. The minimum Gasteiger partial charge on any atom is -0.456 e. The van der Waals surface area contributed by atoms with Crippen molar-refractivity contribution in [1.82, 2.24) is 0 Å². The van der Waals surface area contributed by atoms with Crippen LogP contribution in [0.25, 0.3) is 66.1 Å². The normalized spacial score (nSPS) is 11.3. The summed E-state index contributed by atoms with van der Waals surface area (Å²) in [6.07, 6.45) is 0. The van der Waals surface area contributed by atoms with E-state index in [9.17, 15) is 0 Å². The monoisotopic (exact) mass is 613 g/mol. The third-order valence-corrected chi connectivity index (χ3v) is 9.27. The fraction of sp³-hybridized carbons (Fsp3) is 0. The maximum atomic E-state index is 6.13. The molecule has 0 amide bonds. The summed E-state index contributed by atoms with van der Waals surface area (Å²) in [5.74, 6) is 0. The predicted molar refractivity (Wildman–Crippen MR) is 202 cm³/mol.